The molecule has 4 nitrogen and oxygen atoms in total. The van der Waals surface area contributed by atoms with Crippen LogP contribution in [0.3, 0.4) is 0 Å². The molecular weight excluding hydrogens is 403 g/mol. The third-order valence-corrected chi connectivity index (χ3v) is 3.78. The number of benzene rings is 2. The highest BCUT2D eigenvalue weighted by Gasteiger charge is 2.13. The number of aryl methyl sites for hydroxylation is 1. The molecule has 0 aliphatic rings. The summed E-state index contributed by atoms with van der Waals surface area (Å²) >= 11 is 8.23. The molecule has 2 rings (SSSR count). The normalized spacial score (nSPS) is 10.3. The molecule has 0 aliphatic heterocycles. The Morgan fingerprint density at radius 1 is 1.19 bits per heavy atom. The topological polar surface area (TPSA) is 50.4 Å². The Morgan fingerprint density at radius 2 is 1.90 bits per heavy atom. The molecule has 0 aromatic heterocycles. The van der Waals surface area contributed by atoms with E-state index in [2.05, 4.69) is 44.3 Å². The molecule has 0 bridgehead atoms. The van der Waals surface area contributed by atoms with Gasteiger partial charge in [-0.2, -0.15) is 0 Å². The monoisotopic (exact) mass is 416 g/mol. The van der Waals surface area contributed by atoms with Gasteiger partial charge in [-0.25, -0.2) is 5.48 Å². The number of carbonyl (C=O) groups excluding carboxylic acids is 1. The fraction of sp³-hybridized carbons (Fsp3) is 0.133. The highest BCUT2D eigenvalue weighted by molar-refractivity contribution is 14.1. The molecule has 0 atom stereocenters. The van der Waals surface area contributed by atoms with Gasteiger partial charge < -0.3 is 5.32 Å². The van der Waals surface area contributed by atoms with Crippen LogP contribution in [0.15, 0.2) is 36.4 Å². The Balaban J connectivity index is 2.37. The minimum absolute atomic E-state index is 0.356. The van der Waals surface area contributed by atoms with Crippen LogP contribution in [0.25, 0.3) is 0 Å². The van der Waals surface area contributed by atoms with Gasteiger partial charge in [0.25, 0.3) is 5.91 Å². The summed E-state index contributed by atoms with van der Waals surface area (Å²) in [5.74, 6) is -0.356. The number of halogens is 2. The molecule has 110 valence electrons. The van der Waals surface area contributed by atoms with E-state index < -0.39 is 0 Å². The summed E-state index contributed by atoms with van der Waals surface area (Å²) < 4.78 is 1.16. The lowest BCUT2D eigenvalue weighted by Crippen LogP contribution is -2.22. The maximum absolute atomic E-state index is 12.0. The molecule has 1 amide bonds. The van der Waals surface area contributed by atoms with E-state index in [0.29, 0.717) is 16.3 Å². The molecular formula is C15H14ClIN2O2. The Labute approximate surface area is 141 Å². The van der Waals surface area contributed by atoms with Crippen molar-refractivity contribution in [3.63, 3.8) is 0 Å². The second kappa shape index (κ2) is 7.11. The summed E-state index contributed by atoms with van der Waals surface area (Å²) in [6, 6.07) is 11.1. The van der Waals surface area contributed by atoms with Crippen LogP contribution >= 0.6 is 34.2 Å². The SMILES string of the molecule is CONC(=O)c1cc(Cl)ccc1Nc1ccc(I)cc1C. The number of hydrogen-bond donors (Lipinski definition) is 2. The van der Waals surface area contributed by atoms with Crippen molar-refractivity contribution >= 4 is 51.5 Å². The number of carbonyl (C=O) groups is 1. The van der Waals surface area contributed by atoms with Gasteiger partial charge >= 0.3 is 0 Å². The van der Waals surface area contributed by atoms with Gasteiger partial charge in [0.15, 0.2) is 0 Å². The number of hydroxylamine groups is 1. The summed E-state index contributed by atoms with van der Waals surface area (Å²) in [4.78, 5) is 16.7. The van der Waals surface area contributed by atoms with E-state index in [0.717, 1.165) is 14.8 Å². The van der Waals surface area contributed by atoms with Crippen LogP contribution in [-0.4, -0.2) is 13.0 Å². The van der Waals surface area contributed by atoms with E-state index in [1.54, 1.807) is 18.2 Å². The fourth-order valence-electron chi connectivity index (χ4n) is 1.87. The molecule has 0 fully saturated rings. The molecule has 2 N–H and O–H groups in total. The van der Waals surface area contributed by atoms with E-state index in [4.69, 9.17) is 11.6 Å². The molecule has 0 unspecified atom stereocenters. The van der Waals surface area contributed by atoms with Gasteiger partial charge in [-0.15, -0.1) is 0 Å². The lowest BCUT2D eigenvalue weighted by atomic mass is 10.1. The lowest BCUT2D eigenvalue weighted by molar-refractivity contribution is 0.0538. The van der Waals surface area contributed by atoms with Gasteiger partial charge in [-0.05, 0) is 71.5 Å². The Hall–Kier alpha value is -1.31. The Bertz CT molecular complexity index is 677. The van der Waals surface area contributed by atoms with Gasteiger partial charge in [0.05, 0.1) is 18.4 Å². The molecule has 0 heterocycles. The second-order valence-electron chi connectivity index (χ2n) is 4.41. The first-order valence-electron chi connectivity index (χ1n) is 6.17. The number of rotatable bonds is 4. The quantitative estimate of drug-likeness (QED) is 0.577. The average Bonchev–Trinajstić information content (AvgIpc) is 2.43. The molecule has 0 spiro atoms. The summed E-state index contributed by atoms with van der Waals surface area (Å²) in [6.45, 7) is 2.01. The maximum Gasteiger partial charge on any atom is 0.276 e. The second-order valence-corrected chi connectivity index (χ2v) is 6.09. The average molecular weight is 417 g/mol. The van der Waals surface area contributed by atoms with Crippen molar-refractivity contribution in [3.8, 4) is 0 Å². The van der Waals surface area contributed by atoms with Crippen molar-refractivity contribution in [1.29, 1.82) is 0 Å². The van der Waals surface area contributed by atoms with Crippen LogP contribution < -0.4 is 10.8 Å². The first-order chi connectivity index (χ1) is 10.0. The van der Waals surface area contributed by atoms with E-state index in [-0.39, 0.29) is 5.91 Å². The summed E-state index contributed by atoms with van der Waals surface area (Å²) in [6.07, 6.45) is 0. The molecule has 6 heteroatoms. The molecule has 2 aromatic carbocycles. The minimum Gasteiger partial charge on any atom is -0.355 e. The summed E-state index contributed by atoms with van der Waals surface area (Å²) in [7, 11) is 1.39. The molecule has 0 aliphatic carbocycles. The van der Waals surface area contributed by atoms with Crippen LogP contribution in [0.2, 0.25) is 5.02 Å². The highest BCUT2D eigenvalue weighted by Crippen LogP contribution is 2.27. The lowest BCUT2D eigenvalue weighted by Gasteiger charge is -2.14. The highest BCUT2D eigenvalue weighted by atomic mass is 127. The van der Waals surface area contributed by atoms with Gasteiger partial charge in [0.1, 0.15) is 0 Å². The van der Waals surface area contributed by atoms with Crippen molar-refractivity contribution in [1.82, 2.24) is 5.48 Å². The Kier molecular flexibility index (Phi) is 5.44. The number of hydrogen-bond acceptors (Lipinski definition) is 3. The van der Waals surface area contributed by atoms with Crippen LogP contribution in [0.1, 0.15) is 15.9 Å². The van der Waals surface area contributed by atoms with Crippen LogP contribution in [-0.2, 0) is 4.84 Å². The van der Waals surface area contributed by atoms with Crippen molar-refractivity contribution in [2.45, 2.75) is 6.92 Å². The van der Waals surface area contributed by atoms with E-state index in [1.807, 2.05) is 19.1 Å². The summed E-state index contributed by atoms with van der Waals surface area (Å²) in [5.41, 5.74) is 5.41. The largest absolute Gasteiger partial charge is 0.355 e. The predicted molar refractivity (Wildman–Crippen MR) is 93.1 cm³/mol. The number of nitrogens with one attached hydrogen (secondary N) is 2. The molecule has 0 saturated heterocycles. The van der Waals surface area contributed by atoms with E-state index in [9.17, 15) is 4.79 Å². The van der Waals surface area contributed by atoms with Gasteiger partial charge in [0, 0.05) is 14.3 Å². The smallest absolute Gasteiger partial charge is 0.276 e. The van der Waals surface area contributed by atoms with Gasteiger partial charge in [-0.1, -0.05) is 11.6 Å². The van der Waals surface area contributed by atoms with Gasteiger partial charge in [-0.3, -0.25) is 9.63 Å². The predicted octanol–water partition coefficient (Wildman–Crippen LogP) is 4.29. The summed E-state index contributed by atoms with van der Waals surface area (Å²) in [5, 5.41) is 3.74. The van der Waals surface area contributed by atoms with Crippen molar-refractivity contribution in [2.24, 2.45) is 0 Å². The molecule has 21 heavy (non-hydrogen) atoms. The third kappa shape index (κ3) is 4.09. The first-order valence-corrected chi connectivity index (χ1v) is 7.63. The van der Waals surface area contributed by atoms with Crippen molar-refractivity contribution in [2.75, 3.05) is 12.4 Å². The molecule has 0 saturated carbocycles. The zero-order valence-electron chi connectivity index (χ0n) is 11.5. The maximum atomic E-state index is 12.0. The van der Waals surface area contributed by atoms with Crippen LogP contribution in [0.5, 0.6) is 0 Å². The van der Waals surface area contributed by atoms with Crippen LogP contribution in [0, 0.1) is 10.5 Å². The zero-order chi connectivity index (χ0) is 15.4. The van der Waals surface area contributed by atoms with Gasteiger partial charge in [0.2, 0.25) is 0 Å². The standard InChI is InChI=1S/C15H14ClIN2O2/c1-9-7-11(17)4-6-13(9)18-14-5-3-10(16)8-12(14)15(20)19-21-2/h3-8,18H,1-2H3,(H,19,20). The zero-order valence-corrected chi connectivity index (χ0v) is 14.4. The number of anilines is 2. The van der Waals surface area contributed by atoms with Crippen molar-refractivity contribution < 1.29 is 9.63 Å². The molecule has 2 aromatic rings. The van der Waals surface area contributed by atoms with Crippen LogP contribution in [0.4, 0.5) is 11.4 Å². The number of amides is 1. The first kappa shape index (κ1) is 16.1. The third-order valence-electron chi connectivity index (χ3n) is 2.88. The van der Waals surface area contributed by atoms with E-state index in [1.165, 1.54) is 7.11 Å². The van der Waals surface area contributed by atoms with E-state index >= 15 is 0 Å². The minimum atomic E-state index is -0.356. The fourth-order valence-corrected chi connectivity index (χ4v) is 2.69. The molecule has 0 radical (unpaired) electrons. The Morgan fingerprint density at radius 3 is 2.57 bits per heavy atom. The van der Waals surface area contributed by atoms with Crippen molar-refractivity contribution in [3.05, 3.63) is 56.1 Å².